The van der Waals surface area contributed by atoms with Gasteiger partial charge < -0.3 is 24.7 Å². The summed E-state index contributed by atoms with van der Waals surface area (Å²) in [6.45, 7) is 3.91. The van der Waals surface area contributed by atoms with Crippen LogP contribution in [0.15, 0.2) is 23.2 Å². The van der Waals surface area contributed by atoms with Gasteiger partial charge in [0.1, 0.15) is 5.84 Å². The summed E-state index contributed by atoms with van der Waals surface area (Å²) < 4.78 is 22.5. The molecule has 1 saturated carbocycles. The molecule has 0 radical (unpaired) electrons. The zero-order valence-electron chi connectivity index (χ0n) is 15.6. The van der Waals surface area contributed by atoms with E-state index in [1.54, 1.807) is 25.3 Å². The fourth-order valence-electron chi connectivity index (χ4n) is 4.97. The van der Waals surface area contributed by atoms with Gasteiger partial charge in [-0.25, -0.2) is 4.99 Å². The minimum Gasteiger partial charge on any atom is -0.493 e. The Balaban J connectivity index is 1.96. The molecule has 1 aliphatic carbocycles. The van der Waals surface area contributed by atoms with E-state index in [9.17, 15) is 10.5 Å². The third-order valence-corrected chi connectivity index (χ3v) is 6.30. The van der Waals surface area contributed by atoms with E-state index < -0.39 is 22.2 Å². The van der Waals surface area contributed by atoms with Crippen LogP contribution in [0.3, 0.4) is 0 Å². The van der Waals surface area contributed by atoms with Crippen LogP contribution in [0.4, 0.5) is 0 Å². The van der Waals surface area contributed by atoms with Gasteiger partial charge in [0.25, 0.3) is 5.91 Å². The number of aliphatic imine (C=N–C) groups is 1. The van der Waals surface area contributed by atoms with Crippen LogP contribution < -0.4 is 15.2 Å². The first kappa shape index (κ1) is 17.6. The number of nitrogens with two attached hydrogens (primary N) is 1. The molecule has 0 bridgehead atoms. The van der Waals surface area contributed by atoms with Crippen molar-refractivity contribution in [3.05, 3.63) is 23.8 Å². The highest BCUT2D eigenvalue weighted by atomic mass is 16.8. The van der Waals surface area contributed by atoms with Gasteiger partial charge in [0, 0.05) is 5.41 Å². The topological polar surface area (TPSA) is 123 Å². The Morgan fingerprint density at radius 1 is 1.22 bits per heavy atom. The highest BCUT2D eigenvalue weighted by molar-refractivity contribution is 6.02. The Morgan fingerprint density at radius 3 is 2.44 bits per heavy atom. The van der Waals surface area contributed by atoms with E-state index in [0.29, 0.717) is 17.1 Å². The number of nitrogens with zero attached hydrogens (tertiary/aromatic N) is 3. The Labute approximate surface area is 157 Å². The van der Waals surface area contributed by atoms with Crippen molar-refractivity contribution in [1.29, 1.82) is 10.5 Å². The van der Waals surface area contributed by atoms with Crippen LogP contribution in [0.5, 0.6) is 11.5 Å². The predicted molar refractivity (Wildman–Crippen MR) is 93.8 cm³/mol. The van der Waals surface area contributed by atoms with E-state index >= 15 is 0 Å². The highest BCUT2D eigenvalue weighted by Crippen LogP contribution is 2.85. The van der Waals surface area contributed by atoms with E-state index in [-0.39, 0.29) is 18.5 Å². The summed E-state index contributed by atoms with van der Waals surface area (Å²) >= 11 is 0. The lowest BCUT2D eigenvalue weighted by Gasteiger charge is -2.30. The predicted octanol–water partition coefficient (Wildman–Crippen LogP) is 1.45. The number of hydrogen-bond acceptors (Lipinski definition) is 8. The normalized spacial score (nSPS) is 41.4. The number of nitriles is 2. The molecule has 140 valence electrons. The number of amidine groups is 1. The molecule has 4 rings (SSSR count). The summed E-state index contributed by atoms with van der Waals surface area (Å²) in [5.74, 6) is -0.499. The number of methoxy groups -OCH3 is 2. The summed E-state index contributed by atoms with van der Waals surface area (Å²) in [5, 5.41) is 20.4. The number of hydrogen-bond donors (Lipinski definition) is 1. The van der Waals surface area contributed by atoms with Crippen molar-refractivity contribution >= 4 is 5.84 Å². The quantitative estimate of drug-likeness (QED) is 0.856. The Bertz CT molecular complexity index is 950. The molecule has 2 aliphatic heterocycles. The molecule has 0 aromatic heterocycles. The highest BCUT2D eigenvalue weighted by Gasteiger charge is 3.00. The molecule has 5 atom stereocenters. The summed E-state index contributed by atoms with van der Waals surface area (Å²) in [6, 6.07) is 9.87. The maximum absolute atomic E-state index is 10.3. The van der Waals surface area contributed by atoms with Crippen LogP contribution in [-0.4, -0.2) is 38.7 Å². The number of fused-ring (bicyclic) bond motifs is 2. The average Bonchev–Trinajstić information content (AvgIpc) is 2.85. The van der Waals surface area contributed by atoms with E-state index in [1.807, 2.05) is 13.8 Å². The first-order valence-corrected chi connectivity index (χ1v) is 8.56. The molecule has 0 unspecified atom stereocenters. The van der Waals surface area contributed by atoms with Crippen molar-refractivity contribution in [2.45, 2.75) is 31.3 Å². The van der Waals surface area contributed by atoms with Crippen LogP contribution in [0, 0.1) is 33.5 Å². The molecular formula is C19H20N4O4. The molecule has 1 spiro atoms. The van der Waals surface area contributed by atoms with Gasteiger partial charge in [-0.05, 0) is 24.6 Å². The van der Waals surface area contributed by atoms with Crippen molar-refractivity contribution in [2.24, 2.45) is 21.6 Å². The van der Waals surface area contributed by atoms with Gasteiger partial charge in [-0.2, -0.15) is 10.5 Å². The third-order valence-electron chi connectivity index (χ3n) is 6.30. The van der Waals surface area contributed by atoms with E-state index in [4.69, 9.17) is 24.7 Å². The monoisotopic (exact) mass is 368 g/mol. The third kappa shape index (κ3) is 1.54. The molecule has 1 aromatic rings. The van der Waals surface area contributed by atoms with Crippen LogP contribution in [0.25, 0.3) is 0 Å². The largest absolute Gasteiger partial charge is 0.493 e. The van der Waals surface area contributed by atoms with Gasteiger partial charge >= 0.3 is 0 Å². The smallest absolute Gasteiger partial charge is 0.294 e. The van der Waals surface area contributed by atoms with Gasteiger partial charge in [0.15, 0.2) is 22.3 Å². The maximum Gasteiger partial charge on any atom is 0.294 e. The fourth-order valence-corrected chi connectivity index (χ4v) is 4.97. The molecule has 3 aliphatic rings. The molecule has 2 heterocycles. The molecular weight excluding hydrogens is 348 g/mol. The summed E-state index contributed by atoms with van der Waals surface area (Å²) in [7, 11) is 3.07. The second-order valence-corrected chi connectivity index (χ2v) is 7.24. The number of ether oxygens (including phenoxy) is 4. The van der Waals surface area contributed by atoms with E-state index in [0.717, 1.165) is 0 Å². The second kappa shape index (κ2) is 5.13. The van der Waals surface area contributed by atoms with Crippen molar-refractivity contribution < 1.29 is 18.9 Å². The minimum atomic E-state index is -1.59. The lowest BCUT2D eigenvalue weighted by atomic mass is 9.84. The van der Waals surface area contributed by atoms with Crippen LogP contribution >= 0.6 is 0 Å². The summed E-state index contributed by atoms with van der Waals surface area (Å²) in [5.41, 5.74) is 3.16. The van der Waals surface area contributed by atoms with Gasteiger partial charge in [0.2, 0.25) is 0 Å². The molecule has 1 aromatic carbocycles. The summed E-state index contributed by atoms with van der Waals surface area (Å²) in [6.07, 6.45) is -0.267. The molecule has 8 heteroatoms. The Kier molecular flexibility index (Phi) is 3.34. The number of benzene rings is 1. The lowest BCUT2D eigenvalue weighted by Crippen LogP contribution is -2.42. The van der Waals surface area contributed by atoms with Crippen molar-refractivity contribution in [3.63, 3.8) is 0 Å². The molecule has 2 N–H and O–H groups in total. The standard InChI is InChI=1S/C19H20N4O4/c1-11-8-26-19(27-11)18(10-21)16(2,17(18,9-20)15(22)23-19)12-5-6-13(24-3)14(7-12)25-4/h5-7,11H,8H2,1-4H3,(H2,22,23)/t11-,16+,17+,18-,19-/m1/s1. The molecule has 27 heavy (non-hydrogen) atoms. The van der Waals surface area contributed by atoms with Gasteiger partial charge in [-0.3, -0.25) is 0 Å². The zero-order valence-corrected chi connectivity index (χ0v) is 15.6. The second-order valence-electron chi connectivity index (χ2n) is 7.24. The average molecular weight is 368 g/mol. The van der Waals surface area contributed by atoms with E-state index in [2.05, 4.69) is 17.1 Å². The van der Waals surface area contributed by atoms with Crippen LogP contribution in [0.2, 0.25) is 0 Å². The Morgan fingerprint density at radius 2 is 1.93 bits per heavy atom. The van der Waals surface area contributed by atoms with Gasteiger partial charge in [-0.15, -0.1) is 0 Å². The maximum atomic E-state index is 10.3. The fraction of sp³-hybridized carbons (Fsp3) is 0.526. The van der Waals surface area contributed by atoms with Gasteiger partial charge in [-0.1, -0.05) is 13.0 Å². The SMILES string of the molecule is COc1ccc([C@@]2(C)[C@]3(C#N)C(N)=N[C@@]4(OC[C@@H](C)O4)[C@@]32C#N)cc1OC. The van der Waals surface area contributed by atoms with Crippen molar-refractivity contribution in [1.82, 2.24) is 0 Å². The van der Waals surface area contributed by atoms with Crippen molar-refractivity contribution in [2.75, 3.05) is 20.8 Å². The lowest BCUT2D eigenvalue weighted by molar-refractivity contribution is -0.196. The summed E-state index contributed by atoms with van der Waals surface area (Å²) in [4.78, 5) is 4.33. The van der Waals surface area contributed by atoms with Crippen LogP contribution in [-0.2, 0) is 14.9 Å². The first-order valence-electron chi connectivity index (χ1n) is 8.56. The molecule has 0 amide bonds. The molecule has 8 nitrogen and oxygen atoms in total. The van der Waals surface area contributed by atoms with Crippen molar-refractivity contribution in [3.8, 4) is 23.6 Å². The zero-order chi connectivity index (χ0) is 19.7. The van der Waals surface area contributed by atoms with E-state index in [1.165, 1.54) is 7.11 Å². The molecule has 2 fully saturated rings. The number of rotatable bonds is 3. The van der Waals surface area contributed by atoms with Gasteiger partial charge in [0.05, 0.1) is 39.1 Å². The minimum absolute atomic E-state index is 0.0536. The first-order chi connectivity index (χ1) is 12.8. The molecule has 1 saturated heterocycles. The Hall–Kier alpha value is -2.81. The van der Waals surface area contributed by atoms with Crippen LogP contribution in [0.1, 0.15) is 19.4 Å².